The Morgan fingerprint density at radius 2 is 1.66 bits per heavy atom. The molecule has 0 aliphatic rings. The minimum absolute atomic E-state index is 0.226. The van der Waals surface area contributed by atoms with Crippen molar-refractivity contribution in [3.8, 4) is 0 Å². The van der Waals surface area contributed by atoms with E-state index >= 15 is 0 Å². The van der Waals surface area contributed by atoms with Gasteiger partial charge < -0.3 is 9.30 Å². The van der Waals surface area contributed by atoms with E-state index < -0.39 is 0 Å². The molecule has 0 fully saturated rings. The summed E-state index contributed by atoms with van der Waals surface area (Å²) in [7, 11) is 0. The summed E-state index contributed by atoms with van der Waals surface area (Å²) in [5.74, 6) is -0.0156. The summed E-state index contributed by atoms with van der Waals surface area (Å²) in [5.41, 5.74) is 5.36. The van der Waals surface area contributed by atoms with Gasteiger partial charge in [0, 0.05) is 0 Å². The summed E-state index contributed by atoms with van der Waals surface area (Å²) in [4.78, 5) is 17.0. The Morgan fingerprint density at radius 1 is 0.931 bits per heavy atom. The second kappa shape index (κ2) is 8.97. The number of aromatic nitrogens is 2. The Morgan fingerprint density at radius 3 is 2.45 bits per heavy atom. The highest BCUT2D eigenvalue weighted by Gasteiger charge is 2.14. The molecule has 1 heterocycles. The summed E-state index contributed by atoms with van der Waals surface area (Å²) in [5, 5.41) is 0.822. The first-order chi connectivity index (χ1) is 14.2. The lowest BCUT2D eigenvalue weighted by Gasteiger charge is -2.09. The normalized spacial score (nSPS) is 10.9. The van der Waals surface area contributed by atoms with Gasteiger partial charge in [0.2, 0.25) is 0 Å². The lowest BCUT2D eigenvalue weighted by molar-refractivity contribution is -0.141. The first-order valence-corrected chi connectivity index (χ1v) is 10.5. The Balaban J connectivity index is 1.45. The zero-order valence-electron chi connectivity index (χ0n) is 16.2. The first kappa shape index (κ1) is 19.3. The number of carbonyl (C=O) groups is 1. The fourth-order valence-corrected chi connectivity index (χ4v) is 3.91. The molecule has 4 nitrogen and oxygen atoms in total. The molecule has 0 spiro atoms. The predicted molar refractivity (Wildman–Crippen MR) is 117 cm³/mol. The van der Waals surface area contributed by atoms with Crippen LogP contribution in [0.25, 0.3) is 11.0 Å². The van der Waals surface area contributed by atoms with Crippen LogP contribution < -0.4 is 0 Å². The molecule has 0 radical (unpaired) electrons. The van der Waals surface area contributed by atoms with Crippen molar-refractivity contribution in [3.05, 3.63) is 95.6 Å². The molecule has 0 saturated heterocycles. The number of rotatable bonds is 7. The maximum absolute atomic E-state index is 12.3. The Hall–Kier alpha value is -3.05. The number of aryl methyl sites for hydroxylation is 1. The molecule has 3 aromatic carbocycles. The third-order valence-electron chi connectivity index (χ3n) is 4.64. The van der Waals surface area contributed by atoms with Crippen LogP contribution >= 0.6 is 11.8 Å². The molecule has 0 N–H and O–H groups in total. The minimum Gasteiger partial charge on any atom is -0.460 e. The van der Waals surface area contributed by atoms with E-state index in [2.05, 4.69) is 22.8 Å². The van der Waals surface area contributed by atoms with E-state index in [-0.39, 0.29) is 11.7 Å². The molecule has 0 aliphatic carbocycles. The van der Waals surface area contributed by atoms with E-state index in [4.69, 9.17) is 9.72 Å². The summed E-state index contributed by atoms with van der Waals surface area (Å²) in [6, 6.07) is 26.3. The van der Waals surface area contributed by atoms with Crippen molar-refractivity contribution in [2.75, 3.05) is 5.75 Å². The molecule has 29 heavy (non-hydrogen) atoms. The standard InChI is InChI=1S/C24H22N2O2S/c1-18-11-13-20(14-12-18)16-28-23(27)17-29-24-25-21-9-5-6-10-22(21)26(24)15-19-7-3-2-4-8-19/h2-14H,15-17H2,1H3. The summed E-state index contributed by atoms with van der Waals surface area (Å²) in [6.45, 7) is 3.04. The fourth-order valence-electron chi connectivity index (χ4n) is 3.10. The van der Waals surface area contributed by atoms with Gasteiger partial charge in [-0.15, -0.1) is 0 Å². The lowest BCUT2D eigenvalue weighted by atomic mass is 10.2. The van der Waals surface area contributed by atoms with Gasteiger partial charge in [-0.05, 0) is 30.2 Å². The number of imidazole rings is 1. The van der Waals surface area contributed by atoms with Crippen LogP contribution in [-0.4, -0.2) is 21.3 Å². The monoisotopic (exact) mass is 402 g/mol. The highest BCUT2D eigenvalue weighted by molar-refractivity contribution is 7.99. The van der Waals surface area contributed by atoms with Crippen LogP contribution in [0.3, 0.4) is 0 Å². The number of esters is 1. The average molecular weight is 403 g/mol. The summed E-state index contributed by atoms with van der Waals surface area (Å²) in [6.07, 6.45) is 0. The SMILES string of the molecule is Cc1ccc(COC(=O)CSc2nc3ccccc3n2Cc2ccccc2)cc1. The predicted octanol–water partition coefficient (Wildman–Crippen LogP) is 5.23. The van der Waals surface area contributed by atoms with Gasteiger partial charge in [0.25, 0.3) is 0 Å². The molecule has 0 saturated carbocycles. The molecule has 0 amide bonds. The van der Waals surface area contributed by atoms with Crippen LogP contribution in [0.15, 0.2) is 84.0 Å². The van der Waals surface area contributed by atoms with Crippen molar-refractivity contribution in [1.29, 1.82) is 0 Å². The van der Waals surface area contributed by atoms with Gasteiger partial charge in [0.15, 0.2) is 5.16 Å². The number of nitrogens with zero attached hydrogens (tertiary/aromatic N) is 2. The van der Waals surface area contributed by atoms with E-state index in [9.17, 15) is 4.79 Å². The molecule has 5 heteroatoms. The maximum Gasteiger partial charge on any atom is 0.316 e. The zero-order valence-corrected chi connectivity index (χ0v) is 17.1. The summed E-state index contributed by atoms with van der Waals surface area (Å²) >= 11 is 1.42. The summed E-state index contributed by atoms with van der Waals surface area (Å²) < 4.78 is 7.58. The number of fused-ring (bicyclic) bond motifs is 1. The first-order valence-electron chi connectivity index (χ1n) is 9.52. The van der Waals surface area contributed by atoms with Crippen molar-refractivity contribution in [3.63, 3.8) is 0 Å². The van der Waals surface area contributed by atoms with Crippen LogP contribution in [-0.2, 0) is 22.7 Å². The highest BCUT2D eigenvalue weighted by Crippen LogP contribution is 2.25. The second-order valence-corrected chi connectivity index (χ2v) is 7.83. The Kier molecular flexibility index (Phi) is 5.96. The molecule has 0 bridgehead atoms. The number of hydrogen-bond donors (Lipinski definition) is 0. The molecule has 146 valence electrons. The molecule has 0 unspecified atom stereocenters. The van der Waals surface area contributed by atoms with Crippen LogP contribution in [0.1, 0.15) is 16.7 Å². The fraction of sp³-hybridized carbons (Fsp3) is 0.167. The van der Waals surface area contributed by atoms with Gasteiger partial charge in [0.1, 0.15) is 6.61 Å². The van der Waals surface area contributed by atoms with E-state index in [1.54, 1.807) is 0 Å². The number of para-hydroxylation sites is 2. The largest absolute Gasteiger partial charge is 0.460 e. The molecular formula is C24H22N2O2S. The Labute approximate surface area is 174 Å². The third-order valence-corrected chi connectivity index (χ3v) is 5.59. The molecule has 4 rings (SSSR count). The van der Waals surface area contributed by atoms with Gasteiger partial charge >= 0.3 is 5.97 Å². The van der Waals surface area contributed by atoms with Crippen LogP contribution in [0.2, 0.25) is 0 Å². The zero-order chi connectivity index (χ0) is 20.1. The van der Waals surface area contributed by atoms with Gasteiger partial charge in [0.05, 0.1) is 23.3 Å². The molecule has 4 aromatic rings. The molecule has 0 atom stereocenters. The molecule has 0 aliphatic heterocycles. The van der Waals surface area contributed by atoms with Crippen molar-refractivity contribution < 1.29 is 9.53 Å². The lowest BCUT2D eigenvalue weighted by Crippen LogP contribution is -2.09. The van der Waals surface area contributed by atoms with Gasteiger partial charge in [-0.3, -0.25) is 4.79 Å². The smallest absolute Gasteiger partial charge is 0.316 e. The minimum atomic E-state index is -0.242. The van der Waals surface area contributed by atoms with Crippen molar-refractivity contribution in [2.24, 2.45) is 0 Å². The number of ether oxygens (including phenoxy) is 1. The van der Waals surface area contributed by atoms with E-state index in [1.165, 1.54) is 22.9 Å². The van der Waals surface area contributed by atoms with Crippen molar-refractivity contribution >= 4 is 28.8 Å². The van der Waals surface area contributed by atoms with E-state index in [0.717, 1.165) is 21.8 Å². The van der Waals surface area contributed by atoms with Crippen LogP contribution in [0, 0.1) is 6.92 Å². The number of hydrogen-bond acceptors (Lipinski definition) is 4. The third kappa shape index (κ3) is 4.87. The van der Waals surface area contributed by atoms with E-state index in [1.807, 2.05) is 67.6 Å². The number of carbonyl (C=O) groups excluding carboxylic acids is 1. The highest BCUT2D eigenvalue weighted by atomic mass is 32.2. The second-order valence-electron chi connectivity index (χ2n) is 6.89. The number of thioether (sulfide) groups is 1. The van der Waals surface area contributed by atoms with Gasteiger partial charge in [-0.1, -0.05) is 84.1 Å². The van der Waals surface area contributed by atoms with Crippen molar-refractivity contribution in [2.45, 2.75) is 25.2 Å². The molecular weight excluding hydrogens is 380 g/mol. The van der Waals surface area contributed by atoms with Gasteiger partial charge in [-0.25, -0.2) is 4.98 Å². The topological polar surface area (TPSA) is 44.1 Å². The molecule has 1 aromatic heterocycles. The maximum atomic E-state index is 12.3. The van der Waals surface area contributed by atoms with Crippen molar-refractivity contribution in [1.82, 2.24) is 9.55 Å². The van der Waals surface area contributed by atoms with E-state index in [0.29, 0.717) is 13.2 Å². The van der Waals surface area contributed by atoms with Crippen LogP contribution in [0.4, 0.5) is 0 Å². The van der Waals surface area contributed by atoms with Gasteiger partial charge in [-0.2, -0.15) is 0 Å². The van der Waals surface area contributed by atoms with Crippen LogP contribution in [0.5, 0.6) is 0 Å². The quantitative estimate of drug-likeness (QED) is 0.314. The average Bonchev–Trinajstić information content (AvgIpc) is 3.10. The Bertz CT molecular complexity index is 1100. The number of benzene rings is 3.